The molecular formula is C21H19N3O5. The molecular weight excluding hydrogens is 374 g/mol. The number of hydrogen-bond donors (Lipinski definition) is 2. The van der Waals surface area contributed by atoms with Gasteiger partial charge in [-0.15, -0.1) is 0 Å². The number of hydrogen-bond acceptors (Lipinski definition) is 6. The Morgan fingerprint density at radius 3 is 2.76 bits per heavy atom. The summed E-state index contributed by atoms with van der Waals surface area (Å²) in [5, 5.41) is 5.25. The van der Waals surface area contributed by atoms with Crippen LogP contribution in [-0.2, 0) is 14.3 Å². The molecule has 0 aliphatic rings. The monoisotopic (exact) mass is 393 g/mol. The van der Waals surface area contributed by atoms with E-state index in [9.17, 15) is 14.4 Å². The van der Waals surface area contributed by atoms with E-state index in [2.05, 4.69) is 15.6 Å². The van der Waals surface area contributed by atoms with E-state index in [1.807, 2.05) is 19.1 Å². The van der Waals surface area contributed by atoms with Gasteiger partial charge in [-0.2, -0.15) is 0 Å². The Balaban J connectivity index is 1.50. The molecule has 3 rings (SSSR count). The summed E-state index contributed by atoms with van der Waals surface area (Å²) in [6.07, 6.45) is 2.50. The first-order valence-corrected chi connectivity index (χ1v) is 8.93. The molecule has 2 aromatic carbocycles. The van der Waals surface area contributed by atoms with Crippen LogP contribution < -0.4 is 10.6 Å². The number of benzene rings is 2. The number of anilines is 1. The minimum absolute atomic E-state index is 0.237. The molecule has 0 saturated heterocycles. The molecule has 1 aromatic heterocycles. The van der Waals surface area contributed by atoms with Gasteiger partial charge in [0.25, 0.3) is 11.8 Å². The number of carbonyl (C=O) groups is 3. The van der Waals surface area contributed by atoms with Crippen molar-refractivity contribution in [2.75, 3.05) is 18.5 Å². The molecule has 0 unspecified atom stereocenters. The van der Waals surface area contributed by atoms with E-state index in [-0.39, 0.29) is 11.8 Å². The quantitative estimate of drug-likeness (QED) is 0.472. The standard InChI is InChI=1S/C21H19N3O5/c1-2-22-21(27)14-6-5-7-15(12-14)23-18(25)13-28-20(26)11-10-19-24-16-8-3-4-9-17(16)29-19/h3-12H,2,13H2,1H3,(H,22,27)(H,23,25)/b11-10+. The molecule has 0 radical (unpaired) electrons. The summed E-state index contributed by atoms with van der Waals surface area (Å²) < 4.78 is 10.4. The van der Waals surface area contributed by atoms with Gasteiger partial charge in [-0.25, -0.2) is 9.78 Å². The Hall–Kier alpha value is -3.94. The molecule has 3 aromatic rings. The molecule has 0 atom stereocenters. The first-order valence-electron chi connectivity index (χ1n) is 8.93. The highest BCUT2D eigenvalue weighted by Crippen LogP contribution is 2.15. The molecule has 0 fully saturated rings. The van der Waals surface area contributed by atoms with Crippen LogP contribution in [0.3, 0.4) is 0 Å². The fourth-order valence-corrected chi connectivity index (χ4v) is 2.48. The van der Waals surface area contributed by atoms with Crippen LogP contribution in [0.2, 0.25) is 0 Å². The number of oxazole rings is 1. The van der Waals surface area contributed by atoms with E-state index in [4.69, 9.17) is 9.15 Å². The number of esters is 1. The van der Waals surface area contributed by atoms with Crippen LogP contribution in [-0.4, -0.2) is 35.9 Å². The molecule has 0 aliphatic heterocycles. The second kappa shape index (κ2) is 9.32. The van der Waals surface area contributed by atoms with E-state index in [1.54, 1.807) is 30.3 Å². The van der Waals surface area contributed by atoms with Crippen LogP contribution in [0, 0.1) is 0 Å². The minimum atomic E-state index is -0.710. The summed E-state index contributed by atoms with van der Waals surface area (Å²) in [4.78, 5) is 39.8. The van der Waals surface area contributed by atoms with Crippen molar-refractivity contribution >= 4 is 40.6 Å². The molecule has 0 saturated carbocycles. The van der Waals surface area contributed by atoms with Crippen molar-refractivity contribution in [3.8, 4) is 0 Å². The highest BCUT2D eigenvalue weighted by atomic mass is 16.5. The molecule has 1 heterocycles. The predicted octanol–water partition coefficient (Wildman–Crippen LogP) is 2.77. The fourth-order valence-electron chi connectivity index (χ4n) is 2.48. The lowest BCUT2D eigenvalue weighted by Gasteiger charge is -2.07. The summed E-state index contributed by atoms with van der Waals surface area (Å²) >= 11 is 0. The number of para-hydroxylation sites is 2. The van der Waals surface area contributed by atoms with Gasteiger partial charge in [-0.1, -0.05) is 18.2 Å². The highest BCUT2D eigenvalue weighted by molar-refractivity contribution is 5.98. The maximum Gasteiger partial charge on any atom is 0.331 e. The van der Waals surface area contributed by atoms with Crippen molar-refractivity contribution in [2.45, 2.75) is 6.92 Å². The Bertz CT molecular complexity index is 1040. The lowest BCUT2D eigenvalue weighted by atomic mass is 10.2. The van der Waals surface area contributed by atoms with Crippen LogP contribution in [0.15, 0.2) is 59.0 Å². The normalized spacial score (nSPS) is 10.8. The summed E-state index contributed by atoms with van der Waals surface area (Å²) in [5.74, 6) is -1.21. The molecule has 0 spiro atoms. The second-order valence-electron chi connectivity index (χ2n) is 5.95. The number of carbonyl (C=O) groups excluding carboxylic acids is 3. The number of fused-ring (bicyclic) bond motifs is 1. The number of rotatable bonds is 7. The van der Waals surface area contributed by atoms with Gasteiger partial charge in [-0.3, -0.25) is 9.59 Å². The van der Waals surface area contributed by atoms with Gasteiger partial charge in [0.2, 0.25) is 5.89 Å². The SMILES string of the molecule is CCNC(=O)c1cccc(NC(=O)COC(=O)/C=C/c2nc3ccccc3o2)c1. The summed E-state index contributed by atoms with van der Waals surface area (Å²) in [6, 6.07) is 13.7. The predicted molar refractivity (Wildman–Crippen MR) is 107 cm³/mol. The molecule has 8 nitrogen and oxygen atoms in total. The van der Waals surface area contributed by atoms with Crippen molar-refractivity contribution < 1.29 is 23.5 Å². The maximum absolute atomic E-state index is 12.0. The Labute approximate surface area is 166 Å². The number of ether oxygens (including phenoxy) is 1. The van der Waals surface area contributed by atoms with E-state index in [0.29, 0.717) is 28.9 Å². The van der Waals surface area contributed by atoms with Crippen LogP contribution in [0.4, 0.5) is 5.69 Å². The van der Waals surface area contributed by atoms with Gasteiger partial charge >= 0.3 is 5.97 Å². The molecule has 148 valence electrons. The van der Waals surface area contributed by atoms with Gasteiger partial charge in [0, 0.05) is 29.9 Å². The average Bonchev–Trinajstić information content (AvgIpc) is 3.14. The van der Waals surface area contributed by atoms with Crippen molar-refractivity contribution in [2.24, 2.45) is 0 Å². The Morgan fingerprint density at radius 2 is 1.97 bits per heavy atom. The molecule has 29 heavy (non-hydrogen) atoms. The van der Waals surface area contributed by atoms with Crippen LogP contribution >= 0.6 is 0 Å². The van der Waals surface area contributed by atoms with Crippen molar-refractivity contribution in [1.82, 2.24) is 10.3 Å². The third-order valence-corrected chi connectivity index (χ3v) is 3.76. The van der Waals surface area contributed by atoms with Crippen molar-refractivity contribution in [1.29, 1.82) is 0 Å². The smallest absolute Gasteiger partial charge is 0.331 e. The van der Waals surface area contributed by atoms with Gasteiger partial charge in [0.05, 0.1) is 0 Å². The van der Waals surface area contributed by atoms with Crippen LogP contribution in [0.5, 0.6) is 0 Å². The summed E-state index contributed by atoms with van der Waals surface area (Å²) in [7, 11) is 0. The summed E-state index contributed by atoms with van der Waals surface area (Å²) in [6.45, 7) is 1.85. The van der Waals surface area contributed by atoms with Crippen molar-refractivity contribution in [3.05, 3.63) is 66.1 Å². The fraction of sp³-hybridized carbons (Fsp3) is 0.143. The van der Waals surface area contributed by atoms with E-state index in [0.717, 1.165) is 6.08 Å². The highest BCUT2D eigenvalue weighted by Gasteiger charge is 2.09. The third-order valence-electron chi connectivity index (χ3n) is 3.76. The minimum Gasteiger partial charge on any atom is -0.452 e. The summed E-state index contributed by atoms with van der Waals surface area (Å²) in [5.41, 5.74) is 2.13. The lowest BCUT2D eigenvalue weighted by molar-refractivity contribution is -0.142. The zero-order chi connectivity index (χ0) is 20.6. The first-order chi connectivity index (χ1) is 14.0. The van der Waals surface area contributed by atoms with Crippen LogP contribution in [0.1, 0.15) is 23.2 Å². The topological polar surface area (TPSA) is 111 Å². The van der Waals surface area contributed by atoms with Gasteiger partial charge in [0.1, 0.15) is 5.52 Å². The Morgan fingerprint density at radius 1 is 1.14 bits per heavy atom. The third kappa shape index (κ3) is 5.52. The van der Waals surface area contributed by atoms with Gasteiger partial charge < -0.3 is 19.8 Å². The molecule has 0 bridgehead atoms. The molecule has 8 heteroatoms. The van der Waals surface area contributed by atoms with Gasteiger partial charge in [-0.05, 0) is 37.3 Å². The Kier molecular flexibility index (Phi) is 6.36. The van der Waals surface area contributed by atoms with Gasteiger partial charge in [0.15, 0.2) is 12.2 Å². The maximum atomic E-state index is 12.0. The van der Waals surface area contributed by atoms with E-state index < -0.39 is 18.5 Å². The van der Waals surface area contributed by atoms with Crippen molar-refractivity contribution in [3.63, 3.8) is 0 Å². The number of amides is 2. The molecule has 0 aliphatic carbocycles. The zero-order valence-electron chi connectivity index (χ0n) is 15.7. The number of aromatic nitrogens is 1. The van der Waals surface area contributed by atoms with E-state index >= 15 is 0 Å². The van der Waals surface area contributed by atoms with Crippen LogP contribution in [0.25, 0.3) is 17.2 Å². The lowest BCUT2D eigenvalue weighted by Crippen LogP contribution is -2.23. The number of nitrogens with one attached hydrogen (secondary N) is 2. The second-order valence-corrected chi connectivity index (χ2v) is 5.95. The molecule has 2 N–H and O–H groups in total. The molecule has 2 amide bonds. The van der Waals surface area contributed by atoms with E-state index in [1.165, 1.54) is 12.1 Å². The first kappa shape index (κ1) is 19.8. The average molecular weight is 393 g/mol. The number of nitrogens with zero attached hydrogens (tertiary/aromatic N) is 1. The largest absolute Gasteiger partial charge is 0.452 e. The zero-order valence-corrected chi connectivity index (χ0v) is 15.7.